The van der Waals surface area contributed by atoms with Gasteiger partial charge in [-0.25, -0.2) is 9.97 Å². The first-order chi connectivity index (χ1) is 10.8. The van der Waals surface area contributed by atoms with Crippen LogP contribution < -0.4 is 9.80 Å². The topological polar surface area (TPSA) is 78.0 Å². The van der Waals surface area contributed by atoms with Crippen molar-refractivity contribution in [2.75, 3.05) is 36.0 Å². The van der Waals surface area contributed by atoms with Crippen LogP contribution in [0.2, 0.25) is 0 Å². The predicted molar refractivity (Wildman–Crippen MR) is 85.8 cm³/mol. The predicted octanol–water partition coefficient (Wildman–Crippen LogP) is 1.55. The quantitative estimate of drug-likeness (QED) is 0.739. The van der Waals surface area contributed by atoms with Gasteiger partial charge in [0.25, 0.3) is 0 Å². The van der Waals surface area contributed by atoms with Crippen LogP contribution in [0.25, 0.3) is 11.0 Å². The monoisotopic (exact) mass is 314 g/mol. The molecule has 112 valence electrons. The molecule has 0 radical (unpaired) electrons. The van der Waals surface area contributed by atoms with Gasteiger partial charge in [-0.3, -0.25) is 9.89 Å². The molecule has 0 spiro atoms. The van der Waals surface area contributed by atoms with E-state index in [0.29, 0.717) is 0 Å². The van der Waals surface area contributed by atoms with Gasteiger partial charge >= 0.3 is 0 Å². The summed E-state index contributed by atoms with van der Waals surface area (Å²) in [7, 11) is 0. The third kappa shape index (κ3) is 2.21. The van der Waals surface area contributed by atoms with Crippen LogP contribution in [0, 0.1) is 0 Å². The third-order valence-electron chi connectivity index (χ3n) is 3.85. The third-order valence-corrected chi connectivity index (χ3v) is 4.92. The number of hydrogen-bond donors (Lipinski definition) is 1. The Morgan fingerprint density at radius 3 is 2.73 bits per heavy atom. The molecule has 0 atom stereocenters. The summed E-state index contributed by atoms with van der Waals surface area (Å²) in [5.74, 6) is 0.929. The molecule has 4 heterocycles. The first kappa shape index (κ1) is 13.2. The Morgan fingerprint density at radius 2 is 1.95 bits per heavy atom. The summed E-state index contributed by atoms with van der Waals surface area (Å²) < 4.78 is 0. The number of aromatic nitrogens is 4. The van der Waals surface area contributed by atoms with Crippen LogP contribution in [0.1, 0.15) is 9.67 Å². The Hall–Kier alpha value is -2.48. The number of anilines is 2. The van der Waals surface area contributed by atoms with Gasteiger partial charge in [-0.2, -0.15) is 5.10 Å². The fourth-order valence-electron chi connectivity index (χ4n) is 2.72. The lowest BCUT2D eigenvalue weighted by Gasteiger charge is -2.36. The number of nitrogens with one attached hydrogen (secondary N) is 1. The number of thiophene rings is 1. The minimum absolute atomic E-state index is 0.765. The fraction of sp³-hybridized carbons (Fsp3) is 0.286. The fourth-order valence-corrected chi connectivity index (χ4v) is 3.59. The highest BCUT2D eigenvalue weighted by Gasteiger charge is 2.21. The molecular weight excluding hydrogens is 300 g/mol. The second kappa shape index (κ2) is 5.38. The molecule has 0 aliphatic carbocycles. The van der Waals surface area contributed by atoms with E-state index in [1.807, 2.05) is 12.1 Å². The number of hydrogen-bond acceptors (Lipinski definition) is 7. The first-order valence-corrected chi connectivity index (χ1v) is 7.86. The average molecular weight is 314 g/mol. The number of carbonyl (C=O) groups excluding carboxylic acids is 1. The molecule has 1 aliphatic heterocycles. The SMILES string of the molecule is O=Cc1ccc(N2CCN(c3ncnc4[nH]ncc34)CC2)s1. The first-order valence-electron chi connectivity index (χ1n) is 7.04. The molecule has 1 fully saturated rings. The van der Waals surface area contributed by atoms with Crippen molar-refractivity contribution in [1.29, 1.82) is 0 Å². The van der Waals surface area contributed by atoms with E-state index < -0.39 is 0 Å². The van der Waals surface area contributed by atoms with Gasteiger partial charge in [-0.15, -0.1) is 11.3 Å². The van der Waals surface area contributed by atoms with Gasteiger partial charge < -0.3 is 9.80 Å². The maximum atomic E-state index is 10.8. The minimum atomic E-state index is 0.765. The van der Waals surface area contributed by atoms with Crippen LogP contribution in [0.5, 0.6) is 0 Å². The Labute approximate surface area is 130 Å². The maximum absolute atomic E-state index is 10.8. The van der Waals surface area contributed by atoms with Gasteiger partial charge in [0, 0.05) is 26.2 Å². The highest BCUT2D eigenvalue weighted by Crippen LogP contribution is 2.28. The molecule has 0 bridgehead atoms. The molecule has 4 rings (SSSR count). The van der Waals surface area contributed by atoms with Gasteiger partial charge in [-0.1, -0.05) is 0 Å². The van der Waals surface area contributed by atoms with E-state index in [1.165, 1.54) is 11.3 Å². The van der Waals surface area contributed by atoms with Crippen LogP contribution >= 0.6 is 11.3 Å². The Morgan fingerprint density at radius 1 is 1.14 bits per heavy atom. The summed E-state index contributed by atoms with van der Waals surface area (Å²) in [5.41, 5.74) is 0.765. The van der Waals surface area contributed by atoms with Crippen molar-refractivity contribution in [3.63, 3.8) is 0 Å². The zero-order valence-electron chi connectivity index (χ0n) is 11.8. The van der Waals surface area contributed by atoms with E-state index in [4.69, 9.17) is 0 Å². The average Bonchev–Trinajstić information content (AvgIpc) is 3.23. The summed E-state index contributed by atoms with van der Waals surface area (Å²) in [4.78, 5) is 24.7. The molecule has 3 aromatic rings. The van der Waals surface area contributed by atoms with E-state index >= 15 is 0 Å². The van der Waals surface area contributed by atoms with Gasteiger partial charge in [0.2, 0.25) is 0 Å². The van der Waals surface area contributed by atoms with Crippen molar-refractivity contribution in [3.8, 4) is 0 Å². The molecule has 8 heteroatoms. The van der Waals surface area contributed by atoms with E-state index in [2.05, 4.69) is 30.0 Å². The zero-order chi connectivity index (χ0) is 14.9. The van der Waals surface area contributed by atoms with Crippen molar-refractivity contribution in [2.24, 2.45) is 0 Å². The van der Waals surface area contributed by atoms with E-state index in [1.54, 1.807) is 12.5 Å². The number of aromatic amines is 1. The standard InChI is InChI=1S/C14H14N6OS/c21-8-10-1-2-12(22-10)19-3-5-20(6-4-19)14-11-7-17-18-13(11)15-9-16-14/h1-2,7-9H,3-6H2,(H,15,16,17,18). The minimum Gasteiger partial charge on any atom is -0.360 e. The lowest BCUT2D eigenvalue weighted by atomic mass is 10.3. The Balaban J connectivity index is 1.52. The van der Waals surface area contributed by atoms with Crippen LogP contribution in [-0.2, 0) is 0 Å². The van der Waals surface area contributed by atoms with Crippen LogP contribution in [0.3, 0.4) is 0 Å². The van der Waals surface area contributed by atoms with Gasteiger partial charge in [0.05, 0.1) is 21.5 Å². The van der Waals surface area contributed by atoms with E-state index in [9.17, 15) is 4.79 Å². The van der Waals surface area contributed by atoms with Crippen LogP contribution in [0.15, 0.2) is 24.7 Å². The number of aldehydes is 1. The van der Waals surface area contributed by atoms with Gasteiger partial charge in [-0.05, 0) is 12.1 Å². The van der Waals surface area contributed by atoms with Crippen molar-refractivity contribution in [3.05, 3.63) is 29.5 Å². The molecular formula is C14H14N6OS. The zero-order valence-corrected chi connectivity index (χ0v) is 12.6. The highest BCUT2D eigenvalue weighted by atomic mass is 32.1. The highest BCUT2D eigenvalue weighted by molar-refractivity contribution is 7.17. The van der Waals surface area contributed by atoms with Gasteiger partial charge in [0.1, 0.15) is 12.1 Å². The summed E-state index contributed by atoms with van der Waals surface area (Å²) in [6.07, 6.45) is 4.24. The van der Waals surface area contributed by atoms with Crippen molar-refractivity contribution in [1.82, 2.24) is 20.2 Å². The summed E-state index contributed by atoms with van der Waals surface area (Å²) >= 11 is 1.54. The number of rotatable bonds is 3. The second-order valence-corrected chi connectivity index (χ2v) is 6.19. The van der Waals surface area contributed by atoms with E-state index in [-0.39, 0.29) is 0 Å². The molecule has 1 saturated heterocycles. The molecule has 1 N–H and O–H groups in total. The number of piperazine rings is 1. The summed E-state index contributed by atoms with van der Waals surface area (Å²) in [6.45, 7) is 3.57. The number of carbonyl (C=O) groups is 1. The molecule has 3 aromatic heterocycles. The van der Waals surface area contributed by atoms with Gasteiger partial charge in [0.15, 0.2) is 11.9 Å². The normalized spacial score (nSPS) is 15.5. The Kier molecular flexibility index (Phi) is 3.23. The van der Waals surface area contributed by atoms with Crippen molar-refractivity contribution >= 4 is 39.5 Å². The van der Waals surface area contributed by atoms with Crippen LogP contribution in [0.4, 0.5) is 10.8 Å². The molecule has 0 aromatic carbocycles. The number of H-pyrrole nitrogens is 1. The maximum Gasteiger partial charge on any atom is 0.160 e. The molecule has 22 heavy (non-hydrogen) atoms. The lowest BCUT2D eigenvalue weighted by molar-refractivity contribution is 0.112. The van der Waals surface area contributed by atoms with Crippen molar-refractivity contribution in [2.45, 2.75) is 0 Å². The summed E-state index contributed by atoms with van der Waals surface area (Å²) in [6, 6.07) is 3.89. The lowest BCUT2D eigenvalue weighted by Crippen LogP contribution is -2.46. The molecule has 0 saturated carbocycles. The van der Waals surface area contributed by atoms with E-state index in [0.717, 1.165) is 59.2 Å². The number of nitrogens with zero attached hydrogens (tertiary/aromatic N) is 5. The smallest absolute Gasteiger partial charge is 0.160 e. The van der Waals surface area contributed by atoms with Crippen LogP contribution in [-0.4, -0.2) is 52.6 Å². The largest absolute Gasteiger partial charge is 0.360 e. The molecule has 1 aliphatic rings. The number of fused-ring (bicyclic) bond motifs is 1. The van der Waals surface area contributed by atoms with Crippen molar-refractivity contribution < 1.29 is 4.79 Å². The second-order valence-electron chi connectivity index (χ2n) is 5.10. The molecule has 0 amide bonds. The summed E-state index contributed by atoms with van der Waals surface area (Å²) in [5, 5.41) is 9.01. The molecule has 0 unspecified atom stereocenters. The molecule has 7 nitrogen and oxygen atoms in total. The Bertz CT molecular complexity index is 804.